The van der Waals surface area contributed by atoms with E-state index in [9.17, 15) is 4.79 Å². The molecule has 3 fully saturated rings. The summed E-state index contributed by atoms with van der Waals surface area (Å²) >= 11 is 0. The first-order chi connectivity index (χ1) is 12.7. The number of carbonyl (C=O) groups is 1. The van der Waals surface area contributed by atoms with Crippen molar-refractivity contribution in [3.05, 3.63) is 35.4 Å². The van der Waals surface area contributed by atoms with Crippen LogP contribution < -0.4 is 10.6 Å². The van der Waals surface area contributed by atoms with Crippen LogP contribution in [-0.2, 0) is 9.53 Å². The van der Waals surface area contributed by atoms with E-state index >= 15 is 0 Å². The summed E-state index contributed by atoms with van der Waals surface area (Å²) in [5, 5.41) is 6.70. The Morgan fingerprint density at radius 3 is 2.85 bits per heavy atom. The minimum atomic E-state index is 0.227. The fourth-order valence-electron chi connectivity index (χ4n) is 4.74. The summed E-state index contributed by atoms with van der Waals surface area (Å²) in [7, 11) is 0. The van der Waals surface area contributed by atoms with Crippen molar-refractivity contribution < 1.29 is 9.53 Å². The standard InChI is InChI=1S/C21H31N3O2/c1-16-3-2-4-17(13-16)19(24-9-11-26-12-10-24)15-23-20(25)18-14-21(18)5-7-22-8-6-21/h2-4,13,18-19,22H,5-12,14-15H2,1H3,(H,23,25). The van der Waals surface area contributed by atoms with Crippen LogP contribution in [0.1, 0.15) is 36.4 Å². The van der Waals surface area contributed by atoms with E-state index in [0.717, 1.165) is 58.7 Å². The molecule has 142 valence electrons. The molecule has 2 N–H and O–H groups in total. The molecule has 2 heterocycles. The van der Waals surface area contributed by atoms with E-state index in [1.54, 1.807) is 0 Å². The van der Waals surface area contributed by atoms with Gasteiger partial charge in [-0.1, -0.05) is 29.8 Å². The predicted molar refractivity (Wildman–Crippen MR) is 102 cm³/mol. The third-order valence-corrected chi connectivity index (χ3v) is 6.49. The number of aryl methyl sites for hydroxylation is 1. The molecule has 0 aromatic heterocycles. The molecule has 1 amide bonds. The van der Waals surface area contributed by atoms with Gasteiger partial charge in [0.05, 0.1) is 19.3 Å². The number of rotatable bonds is 5. The van der Waals surface area contributed by atoms with Crippen LogP contribution in [0.15, 0.2) is 24.3 Å². The molecule has 1 aromatic rings. The lowest BCUT2D eigenvalue weighted by Gasteiger charge is -2.35. The summed E-state index contributed by atoms with van der Waals surface area (Å²) in [5.41, 5.74) is 2.86. The highest BCUT2D eigenvalue weighted by Crippen LogP contribution is 2.58. The van der Waals surface area contributed by atoms with Crippen LogP contribution in [0.4, 0.5) is 0 Å². The first-order valence-corrected chi connectivity index (χ1v) is 10.0. The molecule has 0 bridgehead atoms. The molecule has 3 aliphatic rings. The fraction of sp³-hybridized carbons (Fsp3) is 0.667. The number of nitrogens with one attached hydrogen (secondary N) is 2. The lowest BCUT2D eigenvalue weighted by molar-refractivity contribution is -0.123. The molecule has 1 saturated carbocycles. The summed E-state index contributed by atoms with van der Waals surface area (Å²) in [6.07, 6.45) is 3.37. The Kier molecular flexibility index (Phi) is 5.30. The first-order valence-electron chi connectivity index (χ1n) is 10.0. The van der Waals surface area contributed by atoms with E-state index < -0.39 is 0 Å². The first kappa shape index (κ1) is 18.0. The van der Waals surface area contributed by atoms with Gasteiger partial charge in [-0.3, -0.25) is 9.69 Å². The second kappa shape index (κ2) is 7.67. The Balaban J connectivity index is 1.41. The van der Waals surface area contributed by atoms with Gasteiger partial charge in [-0.2, -0.15) is 0 Å². The number of carbonyl (C=O) groups excluding carboxylic acids is 1. The maximum atomic E-state index is 12.8. The van der Waals surface area contributed by atoms with Crippen molar-refractivity contribution in [1.82, 2.24) is 15.5 Å². The summed E-state index contributed by atoms with van der Waals surface area (Å²) in [4.78, 5) is 15.2. The average molecular weight is 357 g/mol. The second-order valence-electron chi connectivity index (χ2n) is 8.19. The summed E-state index contributed by atoms with van der Waals surface area (Å²) < 4.78 is 5.52. The summed E-state index contributed by atoms with van der Waals surface area (Å²) in [6, 6.07) is 8.90. The smallest absolute Gasteiger partial charge is 0.223 e. The van der Waals surface area contributed by atoms with Crippen molar-refractivity contribution in [3.8, 4) is 0 Å². The molecule has 2 unspecified atom stereocenters. The zero-order chi connectivity index (χ0) is 18.0. The molecule has 0 radical (unpaired) electrons. The van der Waals surface area contributed by atoms with Crippen LogP contribution in [0, 0.1) is 18.3 Å². The molecule has 2 atom stereocenters. The van der Waals surface area contributed by atoms with Gasteiger partial charge in [-0.25, -0.2) is 0 Å². The maximum absolute atomic E-state index is 12.8. The molecule has 2 saturated heterocycles. The van der Waals surface area contributed by atoms with Crippen LogP contribution in [0.2, 0.25) is 0 Å². The van der Waals surface area contributed by atoms with Crippen molar-refractivity contribution in [2.45, 2.75) is 32.2 Å². The number of piperidine rings is 1. The van der Waals surface area contributed by atoms with Gasteiger partial charge in [-0.15, -0.1) is 0 Å². The minimum Gasteiger partial charge on any atom is -0.379 e. The van der Waals surface area contributed by atoms with E-state index in [4.69, 9.17) is 4.74 Å². The Morgan fingerprint density at radius 2 is 2.12 bits per heavy atom. The lowest BCUT2D eigenvalue weighted by atomic mass is 9.91. The van der Waals surface area contributed by atoms with E-state index in [-0.39, 0.29) is 17.9 Å². The Morgan fingerprint density at radius 1 is 1.35 bits per heavy atom. The number of ether oxygens (including phenoxy) is 1. The van der Waals surface area contributed by atoms with Crippen molar-refractivity contribution in [2.75, 3.05) is 45.9 Å². The highest BCUT2D eigenvalue weighted by atomic mass is 16.5. The number of morpholine rings is 1. The molecular weight excluding hydrogens is 326 g/mol. The van der Waals surface area contributed by atoms with Gasteiger partial charge in [-0.05, 0) is 50.3 Å². The Bertz CT molecular complexity index is 636. The zero-order valence-corrected chi connectivity index (χ0v) is 15.8. The molecule has 5 heteroatoms. The number of benzene rings is 1. The SMILES string of the molecule is Cc1cccc(C(CNC(=O)C2CC23CCNCC3)N2CCOCC2)c1. The second-order valence-corrected chi connectivity index (χ2v) is 8.19. The number of nitrogens with zero attached hydrogens (tertiary/aromatic N) is 1. The molecule has 26 heavy (non-hydrogen) atoms. The van der Waals surface area contributed by atoms with Gasteiger partial charge < -0.3 is 15.4 Å². The molecule has 1 aromatic carbocycles. The molecule has 1 aliphatic carbocycles. The maximum Gasteiger partial charge on any atom is 0.223 e. The van der Waals surface area contributed by atoms with Gasteiger partial charge >= 0.3 is 0 Å². The number of hydrogen-bond acceptors (Lipinski definition) is 4. The van der Waals surface area contributed by atoms with E-state index in [1.807, 2.05) is 0 Å². The van der Waals surface area contributed by atoms with Gasteiger partial charge in [0.2, 0.25) is 5.91 Å². The topological polar surface area (TPSA) is 53.6 Å². The Labute approximate surface area is 156 Å². The van der Waals surface area contributed by atoms with Crippen molar-refractivity contribution in [2.24, 2.45) is 11.3 Å². The van der Waals surface area contributed by atoms with E-state index in [1.165, 1.54) is 11.1 Å². The average Bonchev–Trinajstić information content (AvgIpc) is 3.36. The van der Waals surface area contributed by atoms with Crippen molar-refractivity contribution >= 4 is 5.91 Å². The van der Waals surface area contributed by atoms with Crippen LogP contribution in [0.3, 0.4) is 0 Å². The Hall–Kier alpha value is -1.43. The third kappa shape index (κ3) is 3.80. The van der Waals surface area contributed by atoms with Gasteiger partial charge in [0, 0.05) is 25.6 Å². The molecule has 2 aliphatic heterocycles. The van der Waals surface area contributed by atoms with Crippen LogP contribution >= 0.6 is 0 Å². The lowest BCUT2D eigenvalue weighted by Crippen LogP contribution is -2.44. The van der Waals surface area contributed by atoms with Crippen molar-refractivity contribution in [3.63, 3.8) is 0 Å². The molecule has 5 nitrogen and oxygen atoms in total. The highest BCUT2D eigenvalue weighted by molar-refractivity contribution is 5.82. The van der Waals surface area contributed by atoms with Crippen LogP contribution in [0.5, 0.6) is 0 Å². The van der Waals surface area contributed by atoms with Crippen LogP contribution in [0.25, 0.3) is 0 Å². The summed E-state index contributed by atoms with van der Waals surface area (Å²) in [6.45, 7) is 8.33. The number of amides is 1. The number of hydrogen-bond donors (Lipinski definition) is 2. The van der Waals surface area contributed by atoms with E-state index in [2.05, 4.69) is 46.7 Å². The van der Waals surface area contributed by atoms with E-state index in [0.29, 0.717) is 12.0 Å². The zero-order valence-electron chi connectivity index (χ0n) is 15.8. The van der Waals surface area contributed by atoms with Gasteiger partial charge in [0.15, 0.2) is 0 Å². The largest absolute Gasteiger partial charge is 0.379 e. The quantitative estimate of drug-likeness (QED) is 0.845. The molecule has 4 rings (SSSR count). The summed E-state index contributed by atoms with van der Waals surface area (Å²) in [5.74, 6) is 0.491. The van der Waals surface area contributed by atoms with Crippen LogP contribution in [-0.4, -0.2) is 56.7 Å². The molecular formula is C21H31N3O2. The van der Waals surface area contributed by atoms with Gasteiger partial charge in [0.25, 0.3) is 0 Å². The minimum absolute atomic E-state index is 0.227. The monoisotopic (exact) mass is 357 g/mol. The van der Waals surface area contributed by atoms with Gasteiger partial charge in [0.1, 0.15) is 0 Å². The molecule has 1 spiro atoms. The third-order valence-electron chi connectivity index (χ3n) is 6.49. The van der Waals surface area contributed by atoms with Crippen molar-refractivity contribution in [1.29, 1.82) is 0 Å². The predicted octanol–water partition coefficient (Wildman–Crippen LogP) is 1.87. The highest BCUT2D eigenvalue weighted by Gasteiger charge is 2.57. The normalized spacial score (nSPS) is 26.4. The fourth-order valence-corrected chi connectivity index (χ4v) is 4.74.